The highest BCUT2D eigenvalue weighted by Crippen LogP contribution is 2.34. The van der Waals surface area contributed by atoms with Crippen molar-refractivity contribution in [2.75, 3.05) is 26.3 Å². The first-order valence-electron chi connectivity index (χ1n) is 11.0. The van der Waals surface area contributed by atoms with Crippen molar-refractivity contribution in [1.29, 1.82) is 0 Å². The average molecular weight is 403 g/mol. The fourth-order valence-corrected chi connectivity index (χ4v) is 3.90. The van der Waals surface area contributed by atoms with E-state index in [-0.39, 0.29) is 17.7 Å². The molecule has 160 valence electrons. The largest absolute Gasteiger partial charge is 0.490 e. The SMILES string of the molecule is CCCOc1ccc(CN(CCC)C(=O)[C@H]2CC(=O)N(C3CC3)C2)cc1OCC. The Morgan fingerprint density at radius 3 is 2.59 bits per heavy atom. The molecule has 1 aliphatic heterocycles. The summed E-state index contributed by atoms with van der Waals surface area (Å²) in [5, 5.41) is 0. The quantitative estimate of drug-likeness (QED) is 0.567. The second-order valence-electron chi connectivity index (χ2n) is 8.00. The van der Waals surface area contributed by atoms with Crippen molar-refractivity contribution in [3.8, 4) is 11.5 Å². The summed E-state index contributed by atoms with van der Waals surface area (Å²) in [6.07, 6.45) is 4.33. The van der Waals surface area contributed by atoms with Crippen molar-refractivity contribution in [2.24, 2.45) is 5.92 Å². The summed E-state index contributed by atoms with van der Waals surface area (Å²) in [6.45, 7) is 9.09. The van der Waals surface area contributed by atoms with Gasteiger partial charge in [0.15, 0.2) is 11.5 Å². The van der Waals surface area contributed by atoms with Gasteiger partial charge >= 0.3 is 0 Å². The molecule has 2 aliphatic rings. The van der Waals surface area contributed by atoms with Gasteiger partial charge in [-0.1, -0.05) is 19.9 Å². The number of benzene rings is 1. The summed E-state index contributed by atoms with van der Waals surface area (Å²) in [5.74, 6) is 1.48. The second-order valence-corrected chi connectivity index (χ2v) is 8.00. The molecule has 1 heterocycles. The average Bonchev–Trinajstić information content (AvgIpc) is 3.48. The number of hydrogen-bond donors (Lipinski definition) is 0. The fraction of sp³-hybridized carbons (Fsp3) is 0.652. The Balaban J connectivity index is 1.70. The lowest BCUT2D eigenvalue weighted by molar-refractivity contribution is -0.136. The number of carbonyl (C=O) groups is 2. The van der Waals surface area contributed by atoms with E-state index in [1.54, 1.807) is 0 Å². The van der Waals surface area contributed by atoms with Gasteiger partial charge in [0.05, 0.1) is 19.1 Å². The standard InChI is InChI=1S/C23H34N2O4/c1-4-11-24(23(27)18-14-22(26)25(16-18)19-8-9-19)15-17-7-10-20(29-12-5-2)21(13-17)28-6-3/h7,10,13,18-19H,4-6,8-9,11-12,14-16H2,1-3H3/t18-/m0/s1. The van der Waals surface area contributed by atoms with Crippen molar-refractivity contribution in [2.45, 2.75) is 65.5 Å². The number of likely N-dealkylation sites (tertiary alicyclic amines) is 1. The van der Waals surface area contributed by atoms with Gasteiger partial charge in [0, 0.05) is 32.1 Å². The Morgan fingerprint density at radius 2 is 1.93 bits per heavy atom. The highest BCUT2D eigenvalue weighted by molar-refractivity contribution is 5.89. The van der Waals surface area contributed by atoms with E-state index in [1.807, 2.05) is 34.9 Å². The maximum atomic E-state index is 13.2. The van der Waals surface area contributed by atoms with Crippen LogP contribution in [0, 0.1) is 5.92 Å². The van der Waals surface area contributed by atoms with Crippen LogP contribution in [0.2, 0.25) is 0 Å². The monoisotopic (exact) mass is 402 g/mol. The van der Waals surface area contributed by atoms with Gasteiger partial charge in [0.2, 0.25) is 11.8 Å². The molecule has 0 bridgehead atoms. The lowest BCUT2D eigenvalue weighted by Gasteiger charge is -2.26. The molecule has 0 aromatic heterocycles. The molecule has 0 N–H and O–H groups in total. The van der Waals surface area contributed by atoms with E-state index in [4.69, 9.17) is 9.47 Å². The molecule has 0 unspecified atom stereocenters. The zero-order valence-electron chi connectivity index (χ0n) is 18.0. The topological polar surface area (TPSA) is 59.1 Å². The van der Waals surface area contributed by atoms with E-state index >= 15 is 0 Å². The van der Waals surface area contributed by atoms with Gasteiger partial charge in [0.25, 0.3) is 0 Å². The molecule has 1 aromatic rings. The zero-order chi connectivity index (χ0) is 20.8. The van der Waals surface area contributed by atoms with Crippen LogP contribution in [0.4, 0.5) is 0 Å². The second kappa shape index (κ2) is 9.99. The van der Waals surface area contributed by atoms with Gasteiger partial charge in [-0.25, -0.2) is 0 Å². The molecule has 1 atom stereocenters. The maximum Gasteiger partial charge on any atom is 0.228 e. The number of rotatable bonds is 11. The van der Waals surface area contributed by atoms with E-state index in [2.05, 4.69) is 13.8 Å². The van der Waals surface area contributed by atoms with Gasteiger partial charge in [0.1, 0.15) is 0 Å². The number of amides is 2. The van der Waals surface area contributed by atoms with Gasteiger partial charge in [-0.2, -0.15) is 0 Å². The molecule has 2 amide bonds. The zero-order valence-corrected chi connectivity index (χ0v) is 18.0. The Kier molecular flexibility index (Phi) is 7.40. The summed E-state index contributed by atoms with van der Waals surface area (Å²) in [4.78, 5) is 29.3. The summed E-state index contributed by atoms with van der Waals surface area (Å²) in [5.41, 5.74) is 1.02. The van der Waals surface area contributed by atoms with E-state index in [0.717, 1.165) is 42.7 Å². The number of carbonyl (C=O) groups excluding carboxylic acids is 2. The minimum Gasteiger partial charge on any atom is -0.490 e. The Labute approximate surface area is 174 Å². The third-order valence-electron chi connectivity index (χ3n) is 5.44. The molecular weight excluding hydrogens is 368 g/mol. The molecular formula is C23H34N2O4. The first-order valence-corrected chi connectivity index (χ1v) is 11.0. The molecule has 0 radical (unpaired) electrons. The summed E-state index contributed by atoms with van der Waals surface area (Å²) in [6, 6.07) is 6.28. The molecule has 2 fully saturated rings. The van der Waals surface area contributed by atoms with E-state index < -0.39 is 0 Å². The molecule has 1 saturated heterocycles. The van der Waals surface area contributed by atoms with Crippen LogP contribution in [-0.2, 0) is 16.1 Å². The maximum absolute atomic E-state index is 13.2. The van der Waals surface area contributed by atoms with Crippen molar-refractivity contribution < 1.29 is 19.1 Å². The fourth-order valence-electron chi connectivity index (χ4n) is 3.90. The van der Waals surface area contributed by atoms with Crippen LogP contribution < -0.4 is 9.47 Å². The minimum absolute atomic E-state index is 0.0904. The minimum atomic E-state index is -0.215. The van der Waals surface area contributed by atoms with Crippen LogP contribution in [0.25, 0.3) is 0 Å². The molecule has 6 nitrogen and oxygen atoms in total. The molecule has 0 spiro atoms. The summed E-state index contributed by atoms with van der Waals surface area (Å²) < 4.78 is 11.5. The van der Waals surface area contributed by atoms with Crippen molar-refractivity contribution in [1.82, 2.24) is 9.80 Å². The van der Waals surface area contributed by atoms with Crippen LogP contribution in [0.1, 0.15) is 58.4 Å². The first-order chi connectivity index (χ1) is 14.1. The third-order valence-corrected chi connectivity index (χ3v) is 5.44. The van der Waals surface area contributed by atoms with Crippen LogP contribution in [0.3, 0.4) is 0 Å². The van der Waals surface area contributed by atoms with E-state index in [9.17, 15) is 9.59 Å². The molecule has 1 aromatic carbocycles. The lowest BCUT2D eigenvalue weighted by atomic mass is 10.1. The highest BCUT2D eigenvalue weighted by atomic mass is 16.5. The van der Waals surface area contributed by atoms with Crippen molar-refractivity contribution >= 4 is 11.8 Å². The molecule has 3 rings (SSSR count). The van der Waals surface area contributed by atoms with Crippen LogP contribution in [0.15, 0.2) is 18.2 Å². The number of hydrogen-bond acceptors (Lipinski definition) is 4. The molecule has 6 heteroatoms. The molecule has 1 saturated carbocycles. The van der Waals surface area contributed by atoms with Gasteiger partial charge in [-0.3, -0.25) is 9.59 Å². The Hall–Kier alpha value is -2.24. The molecule has 29 heavy (non-hydrogen) atoms. The Bertz CT molecular complexity index is 717. The lowest BCUT2D eigenvalue weighted by Crippen LogP contribution is -2.37. The van der Waals surface area contributed by atoms with E-state index in [1.165, 1.54) is 0 Å². The van der Waals surface area contributed by atoms with Crippen LogP contribution in [-0.4, -0.2) is 54.0 Å². The molecule has 1 aliphatic carbocycles. The first kappa shape index (κ1) is 21.5. The Morgan fingerprint density at radius 1 is 1.14 bits per heavy atom. The van der Waals surface area contributed by atoms with Gasteiger partial charge < -0.3 is 19.3 Å². The van der Waals surface area contributed by atoms with Gasteiger partial charge in [-0.15, -0.1) is 0 Å². The summed E-state index contributed by atoms with van der Waals surface area (Å²) in [7, 11) is 0. The predicted molar refractivity (Wildman–Crippen MR) is 112 cm³/mol. The van der Waals surface area contributed by atoms with E-state index in [0.29, 0.717) is 45.3 Å². The number of ether oxygens (including phenoxy) is 2. The van der Waals surface area contributed by atoms with Crippen molar-refractivity contribution in [3.63, 3.8) is 0 Å². The third kappa shape index (κ3) is 5.43. The summed E-state index contributed by atoms with van der Waals surface area (Å²) >= 11 is 0. The normalized spacial score (nSPS) is 18.8. The smallest absolute Gasteiger partial charge is 0.228 e. The van der Waals surface area contributed by atoms with Crippen molar-refractivity contribution in [3.05, 3.63) is 23.8 Å². The van der Waals surface area contributed by atoms with Crippen LogP contribution in [0.5, 0.6) is 11.5 Å². The van der Waals surface area contributed by atoms with Gasteiger partial charge in [-0.05, 0) is 50.3 Å². The van der Waals surface area contributed by atoms with Crippen LogP contribution >= 0.6 is 0 Å². The number of nitrogens with zero attached hydrogens (tertiary/aromatic N) is 2. The highest BCUT2D eigenvalue weighted by Gasteiger charge is 2.42. The predicted octanol–water partition coefficient (Wildman–Crippen LogP) is 3.62.